The van der Waals surface area contributed by atoms with Crippen molar-refractivity contribution in [2.45, 2.75) is 38.6 Å². The highest BCUT2D eigenvalue weighted by atomic mass is 19.3. The molecule has 0 spiro atoms. The highest BCUT2D eigenvalue weighted by Crippen LogP contribution is 2.33. The Labute approximate surface area is 171 Å². The molecule has 1 aliphatic carbocycles. The Bertz CT molecular complexity index is 991. The second-order valence-corrected chi connectivity index (χ2v) is 7.02. The molecule has 0 amide bonds. The van der Waals surface area contributed by atoms with E-state index in [1.807, 2.05) is 0 Å². The second kappa shape index (κ2) is 8.74. The Hall–Kier alpha value is -3.07. The molecule has 0 aliphatic heterocycles. The molecule has 4 rings (SSSR count). The van der Waals surface area contributed by atoms with Crippen LogP contribution in [-0.4, -0.2) is 34.8 Å². The van der Waals surface area contributed by atoms with Crippen molar-refractivity contribution in [3.8, 4) is 22.9 Å². The van der Waals surface area contributed by atoms with E-state index in [1.54, 1.807) is 18.2 Å². The van der Waals surface area contributed by atoms with Crippen LogP contribution in [0.3, 0.4) is 0 Å². The fourth-order valence-electron chi connectivity index (χ4n) is 3.19. The molecule has 158 valence electrons. The van der Waals surface area contributed by atoms with Gasteiger partial charge in [-0.25, -0.2) is 4.39 Å². The molecular formula is C21H20F3N3O3. The molecule has 1 saturated carbocycles. The summed E-state index contributed by atoms with van der Waals surface area (Å²) in [6.45, 7) is -1.84. The predicted octanol–water partition coefficient (Wildman–Crippen LogP) is 4.65. The standard InChI is InChI=1S/C21H20F3N3O3/c1-28-18-10-14(4-9-17(18)29-21(23)24)20-25-19(30-26-20)12-27(16-7-8-16)11-13-2-5-15(22)6-3-13/h2-6,9-10,16,21H,7-8,11-12H2,1H3. The maximum Gasteiger partial charge on any atom is 0.387 e. The smallest absolute Gasteiger partial charge is 0.387 e. The van der Waals surface area contributed by atoms with Gasteiger partial charge in [0.1, 0.15) is 5.82 Å². The molecule has 1 fully saturated rings. The van der Waals surface area contributed by atoms with Crippen molar-refractivity contribution in [2.75, 3.05) is 7.11 Å². The van der Waals surface area contributed by atoms with Crippen molar-refractivity contribution in [1.82, 2.24) is 15.0 Å². The van der Waals surface area contributed by atoms with E-state index in [4.69, 9.17) is 9.26 Å². The van der Waals surface area contributed by atoms with Gasteiger partial charge in [-0.1, -0.05) is 17.3 Å². The summed E-state index contributed by atoms with van der Waals surface area (Å²) < 4.78 is 53.1. The van der Waals surface area contributed by atoms with E-state index >= 15 is 0 Å². The first-order valence-electron chi connectivity index (χ1n) is 9.46. The van der Waals surface area contributed by atoms with Crippen LogP contribution in [0.5, 0.6) is 11.5 Å². The van der Waals surface area contributed by atoms with Gasteiger partial charge in [-0.15, -0.1) is 0 Å². The fourth-order valence-corrected chi connectivity index (χ4v) is 3.19. The van der Waals surface area contributed by atoms with Gasteiger partial charge in [0, 0.05) is 18.2 Å². The molecule has 1 heterocycles. The number of nitrogens with zero attached hydrogens (tertiary/aromatic N) is 3. The molecule has 2 aromatic carbocycles. The quantitative estimate of drug-likeness (QED) is 0.503. The monoisotopic (exact) mass is 419 g/mol. The number of alkyl halides is 2. The van der Waals surface area contributed by atoms with Crippen LogP contribution < -0.4 is 9.47 Å². The Morgan fingerprint density at radius 1 is 1.10 bits per heavy atom. The summed E-state index contributed by atoms with van der Waals surface area (Å²) in [5.74, 6) is 0.572. The molecular weight excluding hydrogens is 399 g/mol. The van der Waals surface area contributed by atoms with Crippen LogP contribution in [-0.2, 0) is 13.1 Å². The summed E-state index contributed by atoms with van der Waals surface area (Å²) >= 11 is 0. The molecule has 0 N–H and O–H groups in total. The van der Waals surface area contributed by atoms with E-state index in [1.165, 1.54) is 31.4 Å². The number of hydrogen-bond donors (Lipinski definition) is 0. The van der Waals surface area contributed by atoms with Crippen LogP contribution in [0.2, 0.25) is 0 Å². The van der Waals surface area contributed by atoms with Gasteiger partial charge >= 0.3 is 6.61 Å². The first kappa shape index (κ1) is 20.2. The number of methoxy groups -OCH3 is 1. The van der Waals surface area contributed by atoms with E-state index < -0.39 is 6.61 Å². The molecule has 6 nitrogen and oxygen atoms in total. The number of halogens is 3. The molecule has 0 bridgehead atoms. The summed E-state index contributed by atoms with van der Waals surface area (Å²) in [5.41, 5.74) is 1.56. The first-order valence-corrected chi connectivity index (χ1v) is 9.46. The van der Waals surface area contributed by atoms with E-state index in [0.717, 1.165) is 18.4 Å². The van der Waals surface area contributed by atoms with Crippen molar-refractivity contribution >= 4 is 0 Å². The van der Waals surface area contributed by atoms with Gasteiger partial charge in [-0.3, -0.25) is 4.90 Å². The minimum Gasteiger partial charge on any atom is -0.493 e. The zero-order chi connectivity index (χ0) is 21.1. The molecule has 1 aromatic heterocycles. The summed E-state index contributed by atoms with van der Waals surface area (Å²) in [4.78, 5) is 6.64. The van der Waals surface area contributed by atoms with Crippen molar-refractivity contribution in [2.24, 2.45) is 0 Å². The molecule has 9 heteroatoms. The van der Waals surface area contributed by atoms with Crippen molar-refractivity contribution in [3.05, 3.63) is 59.7 Å². The van der Waals surface area contributed by atoms with Gasteiger partial charge in [-0.05, 0) is 48.7 Å². The third-order valence-electron chi connectivity index (χ3n) is 4.81. The van der Waals surface area contributed by atoms with Gasteiger partial charge in [0.15, 0.2) is 11.5 Å². The average molecular weight is 419 g/mol. The van der Waals surface area contributed by atoms with E-state index in [9.17, 15) is 13.2 Å². The largest absolute Gasteiger partial charge is 0.493 e. The molecule has 0 saturated heterocycles. The summed E-state index contributed by atoms with van der Waals surface area (Å²) in [7, 11) is 1.36. The highest BCUT2D eigenvalue weighted by molar-refractivity contribution is 5.60. The minimum atomic E-state index is -2.95. The normalized spacial score (nSPS) is 13.8. The van der Waals surface area contributed by atoms with Crippen LogP contribution in [0.25, 0.3) is 11.4 Å². The van der Waals surface area contributed by atoms with Crippen LogP contribution in [0.1, 0.15) is 24.3 Å². The third kappa shape index (κ3) is 4.91. The van der Waals surface area contributed by atoms with Crippen molar-refractivity contribution in [3.63, 3.8) is 0 Å². The highest BCUT2D eigenvalue weighted by Gasteiger charge is 2.30. The zero-order valence-electron chi connectivity index (χ0n) is 16.2. The topological polar surface area (TPSA) is 60.6 Å². The zero-order valence-corrected chi connectivity index (χ0v) is 16.2. The number of hydrogen-bond acceptors (Lipinski definition) is 6. The predicted molar refractivity (Wildman–Crippen MR) is 102 cm³/mol. The number of aromatic nitrogens is 2. The van der Waals surface area contributed by atoms with Crippen LogP contribution >= 0.6 is 0 Å². The van der Waals surface area contributed by atoms with E-state index in [0.29, 0.717) is 36.4 Å². The average Bonchev–Trinajstić information content (AvgIpc) is 3.48. The van der Waals surface area contributed by atoms with Crippen LogP contribution in [0, 0.1) is 5.82 Å². The summed E-state index contributed by atoms with van der Waals surface area (Å²) in [6, 6.07) is 11.3. The Kier molecular flexibility index (Phi) is 5.89. The minimum absolute atomic E-state index is 0.0702. The van der Waals surface area contributed by atoms with Gasteiger partial charge in [0.25, 0.3) is 0 Å². The summed E-state index contributed by atoms with van der Waals surface area (Å²) in [6.07, 6.45) is 2.18. The lowest BCUT2D eigenvalue weighted by Crippen LogP contribution is -2.25. The fraction of sp³-hybridized carbons (Fsp3) is 0.333. The lowest BCUT2D eigenvalue weighted by molar-refractivity contribution is -0.0512. The van der Waals surface area contributed by atoms with Gasteiger partial charge in [0.05, 0.1) is 13.7 Å². The lowest BCUT2D eigenvalue weighted by atomic mass is 10.2. The van der Waals surface area contributed by atoms with E-state index in [2.05, 4.69) is 19.8 Å². The lowest BCUT2D eigenvalue weighted by Gasteiger charge is -2.19. The van der Waals surface area contributed by atoms with Crippen molar-refractivity contribution < 1.29 is 27.2 Å². The Balaban J connectivity index is 1.48. The van der Waals surface area contributed by atoms with Crippen LogP contribution in [0.15, 0.2) is 47.0 Å². The van der Waals surface area contributed by atoms with Gasteiger partial charge in [-0.2, -0.15) is 13.8 Å². The first-order chi connectivity index (χ1) is 14.5. The summed E-state index contributed by atoms with van der Waals surface area (Å²) in [5, 5.41) is 4.00. The van der Waals surface area contributed by atoms with Gasteiger partial charge < -0.3 is 14.0 Å². The molecule has 0 radical (unpaired) electrons. The maximum atomic E-state index is 13.1. The number of benzene rings is 2. The molecule has 0 unspecified atom stereocenters. The molecule has 0 atom stereocenters. The molecule has 30 heavy (non-hydrogen) atoms. The number of ether oxygens (including phenoxy) is 2. The Morgan fingerprint density at radius 2 is 1.87 bits per heavy atom. The molecule has 1 aliphatic rings. The second-order valence-electron chi connectivity index (χ2n) is 7.02. The van der Waals surface area contributed by atoms with Gasteiger partial charge in [0.2, 0.25) is 11.7 Å². The molecule has 3 aromatic rings. The van der Waals surface area contributed by atoms with Crippen LogP contribution in [0.4, 0.5) is 13.2 Å². The maximum absolute atomic E-state index is 13.1. The van der Waals surface area contributed by atoms with Crippen molar-refractivity contribution in [1.29, 1.82) is 0 Å². The number of rotatable bonds is 9. The Morgan fingerprint density at radius 3 is 2.53 bits per heavy atom. The SMILES string of the molecule is COc1cc(-c2noc(CN(Cc3ccc(F)cc3)C3CC3)n2)ccc1OC(F)F. The van der Waals surface area contributed by atoms with E-state index in [-0.39, 0.29) is 17.3 Å². The third-order valence-corrected chi connectivity index (χ3v) is 4.81.